The first-order valence-corrected chi connectivity index (χ1v) is 16.0. The Hall–Kier alpha value is -4.66. The molecule has 0 aliphatic carbocycles. The Morgan fingerprint density at radius 2 is 0.837 bits per heavy atom. The fraction of sp³-hybridized carbons (Fsp3) is 0.0857. The number of hydrogen-bond acceptors (Lipinski definition) is 6. The first kappa shape index (κ1) is 28.5. The molecule has 0 N–H and O–H groups in total. The minimum atomic E-state index is 0.477. The summed E-state index contributed by atoms with van der Waals surface area (Å²) in [6.45, 7) is 0. The van der Waals surface area contributed by atoms with Crippen molar-refractivity contribution in [2.45, 2.75) is 16.7 Å². The molecule has 6 nitrogen and oxygen atoms in total. The van der Waals surface area contributed by atoms with E-state index in [1.807, 2.05) is 72.8 Å². The molecular formula is C35H30N6S2. The molecular weight excluding hydrogens is 569 g/mol. The molecule has 8 heteroatoms. The Balaban J connectivity index is 1.26. The first-order chi connectivity index (χ1) is 21.3. The van der Waals surface area contributed by atoms with Crippen molar-refractivity contribution in [3.05, 3.63) is 156 Å². The number of nitrogens with zero attached hydrogens (tertiary/aromatic N) is 6. The number of thioether (sulfide) groups is 2. The summed E-state index contributed by atoms with van der Waals surface area (Å²) in [6.07, 6.45) is 9.06. The minimum absolute atomic E-state index is 0.477. The van der Waals surface area contributed by atoms with Crippen LogP contribution in [0.2, 0.25) is 0 Å². The van der Waals surface area contributed by atoms with E-state index >= 15 is 0 Å². The van der Waals surface area contributed by atoms with Gasteiger partial charge in [0.2, 0.25) is 0 Å². The second kappa shape index (κ2) is 14.5. The lowest BCUT2D eigenvalue weighted by Crippen LogP contribution is -2.08. The molecule has 6 aromatic rings. The van der Waals surface area contributed by atoms with Gasteiger partial charge in [0.1, 0.15) is 11.6 Å². The molecule has 0 unspecified atom stereocenters. The highest BCUT2D eigenvalue weighted by Gasteiger charge is 2.20. The average Bonchev–Trinajstić information content (AvgIpc) is 3.67. The van der Waals surface area contributed by atoms with Gasteiger partial charge in [0, 0.05) is 22.9 Å². The molecule has 4 aromatic carbocycles. The third-order valence-electron chi connectivity index (χ3n) is 6.58. The number of hydrogen-bond donors (Lipinski definition) is 0. The van der Waals surface area contributed by atoms with E-state index in [-0.39, 0.29) is 0 Å². The second-order valence-electron chi connectivity index (χ2n) is 9.56. The van der Waals surface area contributed by atoms with Crippen molar-refractivity contribution >= 4 is 35.7 Å². The number of para-hydroxylation sites is 2. The van der Waals surface area contributed by atoms with Gasteiger partial charge in [-0.2, -0.15) is 0 Å². The van der Waals surface area contributed by atoms with Crippen molar-refractivity contribution < 1.29 is 0 Å². The Morgan fingerprint density at radius 3 is 1.23 bits per heavy atom. The molecule has 0 saturated heterocycles. The molecule has 2 heterocycles. The summed E-state index contributed by atoms with van der Waals surface area (Å²) in [7, 11) is 0. The van der Waals surface area contributed by atoms with Gasteiger partial charge in [-0.15, -0.1) is 20.4 Å². The minimum Gasteiger partial charge on any atom is -0.274 e. The summed E-state index contributed by atoms with van der Waals surface area (Å²) in [5.41, 5.74) is 4.39. The zero-order valence-electron chi connectivity index (χ0n) is 23.5. The second-order valence-corrected chi connectivity index (χ2v) is 11.5. The van der Waals surface area contributed by atoms with Crippen molar-refractivity contribution in [2.24, 2.45) is 0 Å². The Kier molecular flexibility index (Phi) is 9.59. The van der Waals surface area contributed by atoms with Gasteiger partial charge in [0.25, 0.3) is 0 Å². The molecule has 0 aliphatic rings. The zero-order chi connectivity index (χ0) is 29.1. The normalized spacial score (nSPS) is 11.5. The van der Waals surface area contributed by atoms with Gasteiger partial charge >= 0.3 is 0 Å². The van der Waals surface area contributed by atoms with E-state index in [0.29, 0.717) is 6.42 Å². The SMILES string of the molecule is C(=C/c1ccccc1)/CSc1nnc(Cc2nnc(SC/C=C\c3ccccc3)n2-c2ccccc2)n1-c1ccccc1. The number of rotatable bonds is 12. The molecule has 43 heavy (non-hydrogen) atoms. The molecule has 6 rings (SSSR count). The third kappa shape index (κ3) is 7.41. The van der Waals surface area contributed by atoms with Crippen molar-refractivity contribution in [1.82, 2.24) is 29.5 Å². The van der Waals surface area contributed by atoms with Crippen molar-refractivity contribution in [1.29, 1.82) is 0 Å². The van der Waals surface area contributed by atoms with Crippen LogP contribution in [0.25, 0.3) is 23.5 Å². The van der Waals surface area contributed by atoms with Crippen LogP contribution in [0.1, 0.15) is 22.8 Å². The molecule has 0 spiro atoms. The summed E-state index contributed by atoms with van der Waals surface area (Å²) >= 11 is 3.32. The number of benzene rings is 4. The standard InChI is InChI=1S/C35H30N6S2/c1-5-15-28(16-6-1)19-13-25-42-34-38-36-32(40(34)30-21-9-3-10-22-30)27-33-37-39-35(41(33)31-23-11-4-12-24-31)43-26-14-20-29-17-7-2-8-18-29/h1-24H,25-27H2/b19-13-,20-14-. The van der Waals surface area contributed by atoms with Crippen LogP contribution < -0.4 is 0 Å². The Morgan fingerprint density at radius 1 is 0.465 bits per heavy atom. The molecule has 2 aromatic heterocycles. The van der Waals surface area contributed by atoms with Crippen LogP contribution in [0.4, 0.5) is 0 Å². The maximum atomic E-state index is 4.65. The van der Waals surface area contributed by atoms with Gasteiger partial charge in [-0.25, -0.2) is 0 Å². The monoisotopic (exact) mass is 598 g/mol. The van der Waals surface area contributed by atoms with Gasteiger partial charge in [-0.1, -0.05) is 145 Å². The lowest BCUT2D eigenvalue weighted by Gasteiger charge is -2.12. The fourth-order valence-corrected chi connectivity index (χ4v) is 6.13. The average molecular weight is 599 g/mol. The van der Waals surface area contributed by atoms with Gasteiger partial charge in [-0.3, -0.25) is 9.13 Å². The third-order valence-corrected chi connectivity index (χ3v) is 8.35. The van der Waals surface area contributed by atoms with Crippen molar-refractivity contribution in [2.75, 3.05) is 11.5 Å². The van der Waals surface area contributed by atoms with Crippen LogP contribution >= 0.6 is 23.5 Å². The molecule has 0 aliphatic heterocycles. The summed E-state index contributed by atoms with van der Waals surface area (Å²) < 4.78 is 4.25. The molecule has 0 saturated carbocycles. The molecule has 0 fully saturated rings. The van der Waals surface area contributed by atoms with Crippen LogP contribution in [-0.4, -0.2) is 41.0 Å². The molecule has 0 radical (unpaired) electrons. The van der Waals surface area contributed by atoms with E-state index < -0.39 is 0 Å². The van der Waals surface area contributed by atoms with E-state index in [1.54, 1.807) is 23.5 Å². The van der Waals surface area contributed by atoms with E-state index in [0.717, 1.165) is 44.8 Å². The van der Waals surface area contributed by atoms with E-state index in [4.69, 9.17) is 0 Å². The van der Waals surface area contributed by atoms with Crippen molar-refractivity contribution in [3.8, 4) is 11.4 Å². The zero-order valence-corrected chi connectivity index (χ0v) is 25.1. The van der Waals surface area contributed by atoms with Crippen molar-refractivity contribution in [3.63, 3.8) is 0 Å². The highest BCUT2D eigenvalue weighted by atomic mass is 32.2. The van der Waals surface area contributed by atoms with Crippen LogP contribution in [0.5, 0.6) is 0 Å². The molecule has 0 amide bonds. The Bertz CT molecular complexity index is 1650. The first-order valence-electron chi connectivity index (χ1n) is 14.0. The molecule has 0 bridgehead atoms. The number of aromatic nitrogens is 6. The van der Waals surface area contributed by atoms with Gasteiger partial charge in [-0.05, 0) is 35.4 Å². The smallest absolute Gasteiger partial charge is 0.196 e. The summed E-state index contributed by atoms with van der Waals surface area (Å²) in [6, 6.07) is 41.1. The topological polar surface area (TPSA) is 61.4 Å². The van der Waals surface area contributed by atoms with Crippen LogP contribution in [-0.2, 0) is 6.42 Å². The van der Waals surface area contributed by atoms with Gasteiger partial charge in [0.15, 0.2) is 10.3 Å². The van der Waals surface area contributed by atoms with E-state index in [9.17, 15) is 0 Å². The predicted molar refractivity (Wildman–Crippen MR) is 178 cm³/mol. The predicted octanol–water partition coefficient (Wildman–Crippen LogP) is 8.05. The molecule has 212 valence electrons. The largest absolute Gasteiger partial charge is 0.274 e. The lowest BCUT2D eigenvalue weighted by atomic mass is 10.2. The molecule has 0 atom stereocenters. The quantitative estimate of drug-likeness (QED) is 0.133. The van der Waals surface area contributed by atoms with Gasteiger partial charge < -0.3 is 0 Å². The van der Waals surface area contributed by atoms with Crippen LogP contribution in [0, 0.1) is 0 Å². The fourth-order valence-electron chi connectivity index (χ4n) is 4.57. The van der Waals surface area contributed by atoms with E-state index in [2.05, 4.69) is 102 Å². The summed E-state index contributed by atoms with van der Waals surface area (Å²) in [4.78, 5) is 0. The lowest BCUT2D eigenvalue weighted by molar-refractivity contribution is 0.792. The summed E-state index contributed by atoms with van der Waals surface area (Å²) in [5, 5.41) is 20.2. The maximum Gasteiger partial charge on any atom is 0.196 e. The van der Waals surface area contributed by atoms with Crippen LogP contribution in [0.15, 0.2) is 144 Å². The maximum absolute atomic E-state index is 4.65. The summed E-state index contributed by atoms with van der Waals surface area (Å²) in [5.74, 6) is 3.17. The van der Waals surface area contributed by atoms with Gasteiger partial charge in [0.05, 0.1) is 6.42 Å². The van der Waals surface area contributed by atoms with E-state index in [1.165, 1.54) is 11.1 Å². The van der Waals surface area contributed by atoms with Crippen LogP contribution in [0.3, 0.4) is 0 Å². The highest BCUT2D eigenvalue weighted by molar-refractivity contribution is 7.99. The highest BCUT2D eigenvalue weighted by Crippen LogP contribution is 2.27. The Labute approximate surface area is 260 Å².